The van der Waals surface area contributed by atoms with Gasteiger partial charge < -0.3 is 5.32 Å². The topological polar surface area (TPSA) is 65.2 Å². The molecule has 1 amide bonds. The minimum absolute atomic E-state index is 0.275. The molecule has 112 valence electrons. The van der Waals surface area contributed by atoms with Crippen molar-refractivity contribution in [2.45, 2.75) is 25.7 Å². The van der Waals surface area contributed by atoms with Crippen LogP contribution < -0.4 is 5.32 Å². The molecule has 0 atom stereocenters. The summed E-state index contributed by atoms with van der Waals surface area (Å²) in [5.74, 6) is -0.275. The number of anilines is 1. The largest absolute Gasteiger partial charge is 0.313 e. The smallest absolute Gasteiger partial charge is 0.249 e. The van der Waals surface area contributed by atoms with Crippen LogP contribution in [0.25, 0.3) is 0 Å². The highest BCUT2D eigenvalue weighted by molar-refractivity contribution is 7.16. The summed E-state index contributed by atoms with van der Waals surface area (Å²) in [5.41, 5.74) is 2.33. The molecule has 0 saturated heterocycles. The Hall–Kier alpha value is -2.45. The number of aryl methyl sites for hydroxylation is 1. The van der Waals surface area contributed by atoms with Crippen LogP contribution in [0.5, 0.6) is 0 Å². The number of rotatable bonds is 5. The molecule has 1 aliphatic rings. The molecule has 5 heteroatoms. The van der Waals surface area contributed by atoms with Crippen molar-refractivity contribution in [3.05, 3.63) is 53.1 Å². The molecule has 0 fully saturated rings. The molecular formula is C17H17N3OS. The number of hydrogen-bond acceptors (Lipinski definition) is 4. The number of allylic oxidation sites excluding steroid dienone is 2. The summed E-state index contributed by atoms with van der Waals surface area (Å²) in [6, 6.07) is 2.22. The number of amides is 1. The lowest BCUT2D eigenvalue weighted by Gasteiger charge is -2.09. The minimum Gasteiger partial charge on any atom is -0.313 e. The van der Waals surface area contributed by atoms with E-state index in [1.165, 1.54) is 34.7 Å². The first-order chi connectivity index (χ1) is 10.7. The summed E-state index contributed by atoms with van der Waals surface area (Å²) in [6.07, 6.45) is 10.0. The zero-order valence-corrected chi connectivity index (χ0v) is 13.1. The SMILES string of the molecule is C=CN=CC(=C)/C=C/C(=O)Nc1sc2c(c1C#N)CCCC2. The van der Waals surface area contributed by atoms with Gasteiger partial charge in [-0.05, 0) is 42.9 Å². The second-order valence-electron chi connectivity index (χ2n) is 4.89. The Morgan fingerprint density at radius 3 is 2.86 bits per heavy atom. The Morgan fingerprint density at radius 2 is 2.14 bits per heavy atom. The molecule has 0 aliphatic heterocycles. The van der Waals surface area contributed by atoms with E-state index in [0.717, 1.165) is 31.2 Å². The van der Waals surface area contributed by atoms with Gasteiger partial charge in [-0.2, -0.15) is 5.26 Å². The molecule has 0 unspecified atom stereocenters. The molecule has 1 aromatic heterocycles. The van der Waals surface area contributed by atoms with Crippen molar-refractivity contribution in [3.8, 4) is 6.07 Å². The van der Waals surface area contributed by atoms with Crippen LogP contribution in [0, 0.1) is 11.3 Å². The van der Waals surface area contributed by atoms with Crippen molar-refractivity contribution in [2.24, 2.45) is 4.99 Å². The molecule has 0 spiro atoms. The van der Waals surface area contributed by atoms with E-state index in [-0.39, 0.29) is 5.91 Å². The summed E-state index contributed by atoms with van der Waals surface area (Å²) in [6.45, 7) is 7.21. The Kier molecular flexibility index (Phi) is 5.45. The summed E-state index contributed by atoms with van der Waals surface area (Å²) < 4.78 is 0. The van der Waals surface area contributed by atoms with Crippen molar-refractivity contribution in [2.75, 3.05) is 5.32 Å². The first-order valence-corrected chi connectivity index (χ1v) is 7.84. The van der Waals surface area contributed by atoms with E-state index in [4.69, 9.17) is 0 Å². The van der Waals surface area contributed by atoms with Gasteiger partial charge in [-0.3, -0.25) is 9.79 Å². The van der Waals surface area contributed by atoms with Crippen LogP contribution in [0.4, 0.5) is 5.00 Å². The number of hydrogen-bond donors (Lipinski definition) is 1. The van der Waals surface area contributed by atoms with Gasteiger partial charge in [0, 0.05) is 23.4 Å². The van der Waals surface area contributed by atoms with Gasteiger partial charge in [-0.15, -0.1) is 11.3 Å². The van der Waals surface area contributed by atoms with Crippen molar-refractivity contribution in [3.63, 3.8) is 0 Å². The molecule has 0 saturated carbocycles. The van der Waals surface area contributed by atoms with E-state index in [9.17, 15) is 10.1 Å². The zero-order chi connectivity index (χ0) is 15.9. The van der Waals surface area contributed by atoms with Gasteiger partial charge in [0.15, 0.2) is 0 Å². The fourth-order valence-electron chi connectivity index (χ4n) is 2.30. The third kappa shape index (κ3) is 3.80. The van der Waals surface area contributed by atoms with Crippen LogP contribution in [0.1, 0.15) is 28.8 Å². The lowest BCUT2D eigenvalue weighted by Crippen LogP contribution is -2.08. The zero-order valence-electron chi connectivity index (χ0n) is 12.3. The molecule has 0 aromatic carbocycles. The molecule has 4 nitrogen and oxygen atoms in total. The van der Waals surface area contributed by atoms with E-state index in [1.54, 1.807) is 6.08 Å². The normalized spacial score (nSPS) is 13.8. The van der Waals surface area contributed by atoms with Crippen LogP contribution in [-0.2, 0) is 17.6 Å². The molecular weight excluding hydrogens is 294 g/mol. The Balaban J connectivity index is 2.09. The fourth-order valence-corrected chi connectivity index (χ4v) is 3.54. The lowest BCUT2D eigenvalue weighted by atomic mass is 9.96. The second kappa shape index (κ2) is 7.53. The maximum absolute atomic E-state index is 12.0. The van der Waals surface area contributed by atoms with Crippen molar-refractivity contribution < 1.29 is 4.79 Å². The minimum atomic E-state index is -0.275. The van der Waals surface area contributed by atoms with Crippen LogP contribution in [0.3, 0.4) is 0 Å². The predicted molar refractivity (Wildman–Crippen MR) is 91.3 cm³/mol. The third-order valence-electron chi connectivity index (χ3n) is 3.31. The fraction of sp³-hybridized carbons (Fsp3) is 0.235. The number of nitrogens with one attached hydrogen (secondary N) is 1. The molecule has 1 aliphatic carbocycles. The summed E-state index contributed by atoms with van der Waals surface area (Å²) in [7, 11) is 0. The highest BCUT2D eigenvalue weighted by Gasteiger charge is 2.21. The lowest BCUT2D eigenvalue weighted by molar-refractivity contribution is -0.111. The van der Waals surface area contributed by atoms with Gasteiger partial charge >= 0.3 is 0 Å². The highest BCUT2D eigenvalue weighted by atomic mass is 32.1. The van der Waals surface area contributed by atoms with E-state index in [2.05, 4.69) is 29.5 Å². The van der Waals surface area contributed by atoms with Crippen LogP contribution in [0.15, 0.2) is 42.1 Å². The molecule has 0 radical (unpaired) electrons. The van der Waals surface area contributed by atoms with Crippen LogP contribution in [0.2, 0.25) is 0 Å². The third-order valence-corrected chi connectivity index (χ3v) is 4.52. The molecule has 22 heavy (non-hydrogen) atoms. The Morgan fingerprint density at radius 1 is 1.36 bits per heavy atom. The number of carbonyl (C=O) groups excluding carboxylic acids is 1. The quantitative estimate of drug-likeness (QED) is 0.511. The first kappa shape index (κ1) is 15.9. The monoisotopic (exact) mass is 311 g/mol. The Bertz CT molecular complexity index is 704. The average Bonchev–Trinajstić information content (AvgIpc) is 2.87. The van der Waals surface area contributed by atoms with Crippen molar-refractivity contribution in [1.82, 2.24) is 0 Å². The first-order valence-electron chi connectivity index (χ1n) is 7.02. The standard InChI is InChI=1S/C17H17N3OS/c1-3-19-11-12(2)8-9-16(21)20-17-14(10-18)13-6-4-5-7-15(13)22-17/h3,8-9,11H,1-2,4-7H2,(H,20,21)/b9-8+,19-11?. The maximum atomic E-state index is 12.0. The number of fused-ring (bicyclic) bond motifs is 1. The van der Waals surface area contributed by atoms with Crippen molar-refractivity contribution in [1.29, 1.82) is 5.26 Å². The molecule has 1 heterocycles. The number of thiophene rings is 1. The summed E-state index contributed by atoms with van der Waals surface area (Å²) >= 11 is 1.51. The van der Waals surface area contributed by atoms with E-state index in [0.29, 0.717) is 16.1 Å². The van der Waals surface area contributed by atoms with E-state index >= 15 is 0 Å². The van der Waals surface area contributed by atoms with Gasteiger partial charge in [-0.25, -0.2) is 0 Å². The summed E-state index contributed by atoms with van der Waals surface area (Å²) in [5, 5.41) is 12.8. The number of aliphatic imine (C=N–C) groups is 1. The molecule has 1 aromatic rings. The summed E-state index contributed by atoms with van der Waals surface area (Å²) in [4.78, 5) is 17.0. The van der Waals surface area contributed by atoms with Gasteiger partial charge in [0.05, 0.1) is 5.56 Å². The Labute approximate surface area is 134 Å². The van der Waals surface area contributed by atoms with Gasteiger partial charge in [-0.1, -0.05) is 13.2 Å². The van der Waals surface area contributed by atoms with Crippen molar-refractivity contribution >= 4 is 28.5 Å². The number of carbonyl (C=O) groups is 1. The van der Waals surface area contributed by atoms with Gasteiger partial charge in [0.25, 0.3) is 0 Å². The number of nitriles is 1. The average molecular weight is 311 g/mol. The van der Waals surface area contributed by atoms with E-state index < -0.39 is 0 Å². The second-order valence-corrected chi connectivity index (χ2v) is 5.99. The van der Waals surface area contributed by atoms with Crippen LogP contribution in [-0.4, -0.2) is 12.1 Å². The maximum Gasteiger partial charge on any atom is 0.249 e. The predicted octanol–water partition coefficient (Wildman–Crippen LogP) is 3.76. The van der Waals surface area contributed by atoms with Gasteiger partial charge in [0.1, 0.15) is 11.1 Å². The molecule has 1 N–H and O–H groups in total. The van der Waals surface area contributed by atoms with Crippen LogP contribution >= 0.6 is 11.3 Å². The van der Waals surface area contributed by atoms with Gasteiger partial charge in [0.2, 0.25) is 5.91 Å². The highest BCUT2D eigenvalue weighted by Crippen LogP contribution is 2.37. The molecule has 2 rings (SSSR count). The number of nitrogens with zero attached hydrogens (tertiary/aromatic N) is 2. The molecule has 0 bridgehead atoms. The van der Waals surface area contributed by atoms with E-state index in [1.807, 2.05) is 0 Å².